The number of rotatable bonds is 13. The summed E-state index contributed by atoms with van der Waals surface area (Å²) in [6, 6.07) is -5.34. The maximum absolute atomic E-state index is 12.5. The largest absolute Gasteiger partial charge is 0.481 e. The Morgan fingerprint density at radius 1 is 0.871 bits per heavy atom. The highest BCUT2D eigenvalue weighted by Crippen LogP contribution is 2.07. The quantitative estimate of drug-likeness (QED) is 0.139. The average molecular weight is 446 g/mol. The fourth-order valence-corrected chi connectivity index (χ4v) is 2.83. The molecular weight excluding hydrogens is 420 g/mol. The van der Waals surface area contributed by atoms with E-state index in [0.29, 0.717) is 13.0 Å². The Labute approximate surface area is 176 Å². The number of carboxylic acids is 3. The molecule has 0 aromatic carbocycles. The van der Waals surface area contributed by atoms with Crippen LogP contribution in [0.1, 0.15) is 32.1 Å². The topological polar surface area (TPSA) is 231 Å². The molecule has 1 aliphatic heterocycles. The first-order valence-corrected chi connectivity index (χ1v) is 9.46. The number of hydrogen-bond donors (Lipinski definition) is 8. The number of amides is 3. The number of aliphatic hydroxyl groups excluding tert-OH is 1. The molecule has 8 N–H and O–H groups in total. The van der Waals surface area contributed by atoms with Crippen LogP contribution in [0.25, 0.3) is 0 Å². The van der Waals surface area contributed by atoms with Crippen LogP contribution in [0.2, 0.25) is 0 Å². The molecule has 0 aromatic heterocycles. The Balaban J connectivity index is 2.82. The molecule has 0 radical (unpaired) electrons. The van der Waals surface area contributed by atoms with Crippen molar-refractivity contribution >= 4 is 35.6 Å². The molecule has 174 valence electrons. The van der Waals surface area contributed by atoms with Crippen molar-refractivity contribution in [2.24, 2.45) is 0 Å². The molecule has 14 nitrogen and oxygen atoms in total. The molecule has 0 bridgehead atoms. The highest BCUT2D eigenvalue weighted by Gasteiger charge is 2.32. The van der Waals surface area contributed by atoms with Crippen LogP contribution in [0.15, 0.2) is 0 Å². The minimum Gasteiger partial charge on any atom is -0.481 e. The molecular formula is C17H26N4O10. The summed E-state index contributed by atoms with van der Waals surface area (Å²) in [4.78, 5) is 69.6. The molecule has 0 unspecified atom stereocenters. The van der Waals surface area contributed by atoms with Gasteiger partial charge in [0.15, 0.2) is 0 Å². The van der Waals surface area contributed by atoms with Gasteiger partial charge in [0.25, 0.3) is 0 Å². The zero-order valence-electron chi connectivity index (χ0n) is 16.5. The number of nitrogens with one attached hydrogen (secondary N) is 4. The van der Waals surface area contributed by atoms with Crippen LogP contribution >= 0.6 is 0 Å². The van der Waals surface area contributed by atoms with E-state index in [2.05, 4.69) is 16.0 Å². The molecule has 1 saturated heterocycles. The second-order valence-corrected chi connectivity index (χ2v) is 6.88. The van der Waals surface area contributed by atoms with Crippen LogP contribution in [0.5, 0.6) is 0 Å². The molecule has 0 aliphatic carbocycles. The summed E-state index contributed by atoms with van der Waals surface area (Å²) in [5, 5.41) is 45.3. The van der Waals surface area contributed by atoms with Gasteiger partial charge < -0.3 is 41.7 Å². The molecule has 4 atom stereocenters. The van der Waals surface area contributed by atoms with Gasteiger partial charge in [-0.05, 0) is 25.8 Å². The Kier molecular flexibility index (Phi) is 10.3. The van der Waals surface area contributed by atoms with Gasteiger partial charge in [-0.3, -0.25) is 24.0 Å². The Hall–Kier alpha value is -3.26. The molecule has 0 saturated carbocycles. The van der Waals surface area contributed by atoms with E-state index in [1.807, 2.05) is 5.32 Å². The third kappa shape index (κ3) is 8.96. The number of aliphatic hydroxyl groups is 1. The number of aliphatic carboxylic acids is 3. The lowest BCUT2D eigenvalue weighted by Crippen LogP contribution is -2.58. The maximum Gasteiger partial charge on any atom is 0.326 e. The second kappa shape index (κ2) is 12.4. The molecule has 31 heavy (non-hydrogen) atoms. The van der Waals surface area contributed by atoms with Gasteiger partial charge in [-0.25, -0.2) is 4.79 Å². The van der Waals surface area contributed by atoms with Gasteiger partial charge in [0, 0.05) is 6.42 Å². The zero-order valence-corrected chi connectivity index (χ0v) is 16.5. The number of carbonyl (C=O) groups excluding carboxylic acids is 3. The first-order valence-electron chi connectivity index (χ1n) is 9.46. The van der Waals surface area contributed by atoms with E-state index in [1.165, 1.54) is 0 Å². The van der Waals surface area contributed by atoms with Gasteiger partial charge in [0.2, 0.25) is 17.7 Å². The lowest BCUT2D eigenvalue weighted by Gasteiger charge is -2.24. The monoisotopic (exact) mass is 446 g/mol. The van der Waals surface area contributed by atoms with Crippen molar-refractivity contribution in [1.82, 2.24) is 21.3 Å². The number of carbonyl (C=O) groups is 6. The van der Waals surface area contributed by atoms with Gasteiger partial charge in [0.05, 0.1) is 19.1 Å². The summed E-state index contributed by atoms with van der Waals surface area (Å²) in [5.41, 5.74) is 0. The van der Waals surface area contributed by atoms with Crippen molar-refractivity contribution in [2.45, 2.75) is 56.3 Å². The summed E-state index contributed by atoms with van der Waals surface area (Å²) in [6.45, 7) is -0.349. The summed E-state index contributed by atoms with van der Waals surface area (Å²) < 4.78 is 0. The first-order chi connectivity index (χ1) is 14.5. The van der Waals surface area contributed by atoms with Crippen molar-refractivity contribution in [3.63, 3.8) is 0 Å². The van der Waals surface area contributed by atoms with Crippen LogP contribution in [0.3, 0.4) is 0 Å². The summed E-state index contributed by atoms with van der Waals surface area (Å²) in [6.07, 6.45) is -0.417. The average Bonchev–Trinajstić information content (AvgIpc) is 3.22. The lowest BCUT2D eigenvalue weighted by molar-refractivity contribution is -0.147. The van der Waals surface area contributed by atoms with Crippen molar-refractivity contribution < 1.29 is 49.2 Å². The van der Waals surface area contributed by atoms with Crippen LogP contribution < -0.4 is 21.3 Å². The van der Waals surface area contributed by atoms with Crippen molar-refractivity contribution in [3.8, 4) is 0 Å². The molecule has 1 aliphatic rings. The highest BCUT2D eigenvalue weighted by atomic mass is 16.4. The van der Waals surface area contributed by atoms with E-state index >= 15 is 0 Å². The molecule has 1 rings (SSSR count). The van der Waals surface area contributed by atoms with E-state index in [-0.39, 0.29) is 6.42 Å². The lowest BCUT2D eigenvalue weighted by atomic mass is 10.1. The van der Waals surface area contributed by atoms with Gasteiger partial charge >= 0.3 is 17.9 Å². The van der Waals surface area contributed by atoms with Gasteiger partial charge in [-0.15, -0.1) is 0 Å². The fraction of sp³-hybridized carbons (Fsp3) is 0.647. The molecule has 1 heterocycles. The molecule has 1 fully saturated rings. The third-order valence-electron chi connectivity index (χ3n) is 4.47. The van der Waals surface area contributed by atoms with Gasteiger partial charge in [0.1, 0.15) is 18.1 Å². The Bertz CT molecular complexity index is 707. The highest BCUT2D eigenvalue weighted by molar-refractivity contribution is 5.94. The summed E-state index contributed by atoms with van der Waals surface area (Å²) in [5.74, 6) is -7.00. The zero-order chi connectivity index (χ0) is 23.6. The van der Waals surface area contributed by atoms with E-state index in [0.717, 1.165) is 6.42 Å². The predicted molar refractivity (Wildman–Crippen MR) is 101 cm³/mol. The van der Waals surface area contributed by atoms with Crippen LogP contribution in [-0.4, -0.2) is 93.4 Å². The number of hydrogen-bond acceptors (Lipinski definition) is 8. The summed E-state index contributed by atoms with van der Waals surface area (Å²) in [7, 11) is 0. The standard InChI is InChI=1S/C17H26N4O10/c22-7-11(16(29)20-10(17(30)31)6-13(25)26)21-15(28)9(3-4-12(23)24)19-14(27)8-2-1-5-18-8/h8-11,18,22H,1-7H2,(H,19,27)(H,20,29)(H,21,28)(H,23,24)(H,25,26)(H,30,31)/t8-,9-,10-,11-/m0/s1. The van der Waals surface area contributed by atoms with Crippen LogP contribution in [-0.2, 0) is 28.8 Å². The molecule has 3 amide bonds. The third-order valence-corrected chi connectivity index (χ3v) is 4.47. The van der Waals surface area contributed by atoms with E-state index in [4.69, 9.17) is 15.3 Å². The SMILES string of the molecule is O=C(O)CC[C@H](NC(=O)[C@@H]1CCCN1)C(=O)N[C@@H](CO)C(=O)N[C@@H](CC(=O)O)C(=O)O. The van der Waals surface area contributed by atoms with Gasteiger partial charge in [-0.1, -0.05) is 0 Å². The second-order valence-electron chi connectivity index (χ2n) is 6.88. The Morgan fingerprint density at radius 2 is 1.48 bits per heavy atom. The smallest absolute Gasteiger partial charge is 0.326 e. The van der Waals surface area contributed by atoms with Crippen molar-refractivity contribution in [1.29, 1.82) is 0 Å². The predicted octanol–water partition coefficient (Wildman–Crippen LogP) is -3.39. The van der Waals surface area contributed by atoms with Gasteiger partial charge in [-0.2, -0.15) is 0 Å². The molecule has 0 aromatic rings. The van der Waals surface area contributed by atoms with E-state index < -0.39 is 79.2 Å². The molecule has 0 spiro atoms. The number of carboxylic acid groups (broad SMARTS) is 3. The van der Waals surface area contributed by atoms with E-state index in [9.17, 15) is 33.9 Å². The Morgan fingerprint density at radius 3 is 1.97 bits per heavy atom. The molecule has 14 heteroatoms. The van der Waals surface area contributed by atoms with E-state index in [1.54, 1.807) is 0 Å². The minimum absolute atomic E-state index is 0.295. The maximum atomic E-state index is 12.5. The summed E-state index contributed by atoms with van der Waals surface area (Å²) >= 11 is 0. The normalized spacial score (nSPS) is 18.3. The minimum atomic E-state index is -1.80. The van der Waals surface area contributed by atoms with Crippen molar-refractivity contribution in [3.05, 3.63) is 0 Å². The first kappa shape index (κ1) is 25.8. The van der Waals surface area contributed by atoms with Crippen LogP contribution in [0, 0.1) is 0 Å². The van der Waals surface area contributed by atoms with Crippen LogP contribution in [0.4, 0.5) is 0 Å². The fourth-order valence-electron chi connectivity index (χ4n) is 2.83. The van der Waals surface area contributed by atoms with Crippen molar-refractivity contribution in [2.75, 3.05) is 13.2 Å².